The van der Waals surface area contributed by atoms with E-state index in [1.165, 1.54) is 35.3 Å². The van der Waals surface area contributed by atoms with Crippen LogP contribution in [0.15, 0.2) is 64.9 Å². The summed E-state index contributed by atoms with van der Waals surface area (Å²) in [6, 6.07) is 16.6. The second-order valence-electron chi connectivity index (χ2n) is 6.64. The normalized spacial score (nSPS) is 11.6. The SMILES string of the molecule is Cc1ccc(-c2ccsc2C(=O)NCc2ccc(S(=O)(=O)N(C)C)cc2)cc1. The molecule has 1 amide bonds. The molecule has 28 heavy (non-hydrogen) atoms. The predicted molar refractivity (Wildman–Crippen MR) is 113 cm³/mol. The first-order valence-corrected chi connectivity index (χ1v) is 11.0. The molecule has 3 rings (SSSR count). The van der Waals surface area contributed by atoms with Crippen molar-refractivity contribution >= 4 is 27.3 Å². The summed E-state index contributed by atoms with van der Waals surface area (Å²) in [5.74, 6) is -0.143. The van der Waals surface area contributed by atoms with Crippen LogP contribution in [0.5, 0.6) is 0 Å². The summed E-state index contributed by atoms with van der Waals surface area (Å²) in [7, 11) is -0.460. The van der Waals surface area contributed by atoms with Gasteiger partial charge in [-0.1, -0.05) is 42.0 Å². The summed E-state index contributed by atoms with van der Waals surface area (Å²) < 4.78 is 25.4. The van der Waals surface area contributed by atoms with Crippen LogP contribution in [0, 0.1) is 6.92 Å². The number of carbonyl (C=O) groups excluding carboxylic acids is 1. The van der Waals surface area contributed by atoms with Gasteiger partial charge in [-0.05, 0) is 41.6 Å². The van der Waals surface area contributed by atoms with Crippen LogP contribution in [0.25, 0.3) is 11.1 Å². The maximum atomic E-state index is 12.7. The third kappa shape index (κ3) is 4.32. The molecule has 146 valence electrons. The molecule has 0 fully saturated rings. The van der Waals surface area contributed by atoms with E-state index < -0.39 is 10.0 Å². The number of nitrogens with zero attached hydrogens (tertiary/aromatic N) is 1. The molecule has 0 aliphatic carbocycles. The van der Waals surface area contributed by atoms with Gasteiger partial charge in [0.1, 0.15) is 0 Å². The maximum Gasteiger partial charge on any atom is 0.262 e. The molecule has 0 bridgehead atoms. The van der Waals surface area contributed by atoms with Gasteiger partial charge < -0.3 is 5.32 Å². The highest BCUT2D eigenvalue weighted by atomic mass is 32.2. The van der Waals surface area contributed by atoms with Gasteiger partial charge in [0.15, 0.2) is 0 Å². The van der Waals surface area contributed by atoms with Crippen LogP contribution in [0.3, 0.4) is 0 Å². The predicted octanol–water partition coefficient (Wildman–Crippen LogP) is 3.90. The van der Waals surface area contributed by atoms with Gasteiger partial charge in [0.25, 0.3) is 5.91 Å². The molecule has 0 aliphatic rings. The Morgan fingerprint density at radius 3 is 2.25 bits per heavy atom. The van der Waals surface area contributed by atoms with Gasteiger partial charge in [0.05, 0.1) is 9.77 Å². The highest BCUT2D eigenvalue weighted by Crippen LogP contribution is 2.28. The number of rotatable bonds is 6. The van der Waals surface area contributed by atoms with E-state index in [-0.39, 0.29) is 10.8 Å². The minimum atomic E-state index is -3.45. The second-order valence-corrected chi connectivity index (χ2v) is 9.71. The van der Waals surface area contributed by atoms with Crippen molar-refractivity contribution in [3.05, 3.63) is 76.0 Å². The van der Waals surface area contributed by atoms with Gasteiger partial charge in [-0.15, -0.1) is 11.3 Å². The quantitative estimate of drug-likeness (QED) is 0.665. The molecule has 0 radical (unpaired) electrons. The third-order valence-corrected chi connectivity index (χ3v) is 7.13. The zero-order chi connectivity index (χ0) is 20.3. The lowest BCUT2D eigenvalue weighted by Crippen LogP contribution is -2.23. The standard InChI is InChI=1S/C21H22N2O3S2/c1-15-4-8-17(9-5-15)19-12-13-27-20(19)21(24)22-14-16-6-10-18(11-7-16)28(25,26)23(2)3/h4-13H,14H2,1-3H3,(H,22,24). The molecule has 0 atom stereocenters. The Morgan fingerprint density at radius 1 is 1.00 bits per heavy atom. The van der Waals surface area contributed by atoms with Gasteiger partial charge in [0, 0.05) is 26.2 Å². The Morgan fingerprint density at radius 2 is 1.64 bits per heavy atom. The van der Waals surface area contributed by atoms with E-state index >= 15 is 0 Å². The molecule has 0 saturated heterocycles. The summed E-state index contributed by atoms with van der Waals surface area (Å²) in [6.45, 7) is 2.35. The summed E-state index contributed by atoms with van der Waals surface area (Å²) in [5.41, 5.74) is 3.93. The van der Waals surface area contributed by atoms with Crippen LogP contribution >= 0.6 is 11.3 Å². The monoisotopic (exact) mass is 414 g/mol. The molecular weight excluding hydrogens is 392 g/mol. The number of thiophene rings is 1. The Balaban J connectivity index is 1.70. The van der Waals surface area contributed by atoms with Crippen molar-refractivity contribution in [1.29, 1.82) is 0 Å². The number of hydrogen-bond acceptors (Lipinski definition) is 4. The molecular formula is C21H22N2O3S2. The number of amides is 1. The second kappa shape index (κ2) is 8.26. The highest BCUT2D eigenvalue weighted by Gasteiger charge is 2.17. The van der Waals surface area contributed by atoms with Crippen LogP contribution in [-0.2, 0) is 16.6 Å². The van der Waals surface area contributed by atoms with Crippen molar-refractivity contribution < 1.29 is 13.2 Å². The Kier molecular flexibility index (Phi) is 5.98. The summed E-state index contributed by atoms with van der Waals surface area (Å²) in [5, 5.41) is 4.82. The van der Waals surface area contributed by atoms with E-state index in [4.69, 9.17) is 0 Å². The largest absolute Gasteiger partial charge is 0.347 e. The topological polar surface area (TPSA) is 66.5 Å². The van der Waals surface area contributed by atoms with Crippen LogP contribution in [0.1, 0.15) is 20.8 Å². The van der Waals surface area contributed by atoms with Crippen molar-refractivity contribution in [2.45, 2.75) is 18.4 Å². The van der Waals surface area contributed by atoms with Crippen molar-refractivity contribution in [1.82, 2.24) is 9.62 Å². The minimum Gasteiger partial charge on any atom is -0.347 e. The fourth-order valence-electron chi connectivity index (χ4n) is 2.70. The molecule has 0 unspecified atom stereocenters. The van der Waals surface area contributed by atoms with Crippen LogP contribution in [-0.4, -0.2) is 32.7 Å². The van der Waals surface area contributed by atoms with Gasteiger partial charge in [-0.2, -0.15) is 0 Å². The number of aryl methyl sites for hydroxylation is 1. The van der Waals surface area contributed by atoms with E-state index in [1.54, 1.807) is 24.3 Å². The van der Waals surface area contributed by atoms with Gasteiger partial charge in [0.2, 0.25) is 10.0 Å². The van der Waals surface area contributed by atoms with Gasteiger partial charge >= 0.3 is 0 Å². The number of sulfonamides is 1. The first-order chi connectivity index (χ1) is 13.3. The molecule has 0 spiro atoms. The molecule has 1 heterocycles. The van der Waals surface area contributed by atoms with Crippen LogP contribution in [0.4, 0.5) is 0 Å². The minimum absolute atomic E-state index is 0.143. The van der Waals surface area contributed by atoms with E-state index in [9.17, 15) is 13.2 Å². The van der Waals surface area contributed by atoms with Crippen molar-refractivity contribution in [2.24, 2.45) is 0 Å². The lowest BCUT2D eigenvalue weighted by Gasteiger charge is -2.12. The first kappa shape index (κ1) is 20.3. The van der Waals surface area contributed by atoms with Crippen molar-refractivity contribution in [2.75, 3.05) is 14.1 Å². The van der Waals surface area contributed by atoms with Crippen LogP contribution < -0.4 is 5.32 Å². The summed E-state index contributed by atoms with van der Waals surface area (Å²) >= 11 is 1.40. The highest BCUT2D eigenvalue weighted by molar-refractivity contribution is 7.89. The summed E-state index contributed by atoms with van der Waals surface area (Å²) in [6.07, 6.45) is 0. The first-order valence-electron chi connectivity index (χ1n) is 8.73. The average molecular weight is 415 g/mol. The fourth-order valence-corrected chi connectivity index (χ4v) is 4.43. The number of nitrogens with one attached hydrogen (secondary N) is 1. The van der Waals surface area contributed by atoms with Crippen LogP contribution in [0.2, 0.25) is 0 Å². The smallest absolute Gasteiger partial charge is 0.262 e. The lowest BCUT2D eigenvalue weighted by molar-refractivity contribution is 0.0955. The molecule has 3 aromatic rings. The molecule has 7 heteroatoms. The molecule has 0 saturated carbocycles. The van der Waals surface area contributed by atoms with Crippen molar-refractivity contribution in [3.8, 4) is 11.1 Å². The molecule has 2 aromatic carbocycles. The Bertz CT molecular complexity index is 1070. The summed E-state index contributed by atoms with van der Waals surface area (Å²) in [4.78, 5) is 13.5. The van der Waals surface area contributed by atoms with Gasteiger partial charge in [-0.3, -0.25) is 4.79 Å². The molecule has 0 aliphatic heterocycles. The van der Waals surface area contributed by atoms with E-state index in [0.29, 0.717) is 11.4 Å². The number of carbonyl (C=O) groups is 1. The Labute approximate surface area is 169 Å². The zero-order valence-electron chi connectivity index (χ0n) is 16.0. The lowest BCUT2D eigenvalue weighted by atomic mass is 10.0. The molecule has 5 nitrogen and oxygen atoms in total. The number of hydrogen-bond donors (Lipinski definition) is 1. The van der Waals surface area contributed by atoms with E-state index in [1.807, 2.05) is 42.6 Å². The van der Waals surface area contributed by atoms with E-state index in [2.05, 4.69) is 5.32 Å². The van der Waals surface area contributed by atoms with Crippen molar-refractivity contribution in [3.63, 3.8) is 0 Å². The zero-order valence-corrected chi connectivity index (χ0v) is 17.6. The van der Waals surface area contributed by atoms with Gasteiger partial charge in [-0.25, -0.2) is 12.7 Å². The fraction of sp³-hybridized carbons (Fsp3) is 0.190. The maximum absolute atomic E-state index is 12.7. The molecule has 1 N–H and O–H groups in total. The average Bonchev–Trinajstić information content (AvgIpc) is 3.17. The third-order valence-electron chi connectivity index (χ3n) is 4.39. The molecule has 1 aromatic heterocycles. The van der Waals surface area contributed by atoms with E-state index in [0.717, 1.165) is 16.7 Å². The number of benzene rings is 2. The Hall–Kier alpha value is -2.48.